The van der Waals surface area contributed by atoms with Gasteiger partial charge >= 0.3 is 5.97 Å². The predicted molar refractivity (Wildman–Crippen MR) is 219 cm³/mol. The van der Waals surface area contributed by atoms with Crippen molar-refractivity contribution in [2.45, 2.75) is 130 Å². The summed E-state index contributed by atoms with van der Waals surface area (Å²) in [7, 11) is 6.38. The SMILES string of the molecule is CC[C@H](C)[C@@H]([C@@H](CC(=O)N[C@@H](CC1C(C)=C1C)[C@H](OC)[C@@H](C)C(=O)N[C@@H](Cc1ccccc1Cl)C(=O)O)OC)N(C)C(=O)[C@@H](NC(=O)[C@@H](NC)C(C)C)C(C)C. The topological polar surface area (TPSA) is 175 Å². The lowest BCUT2D eigenvalue weighted by atomic mass is 9.89. The Balaban J connectivity index is 2.34. The number of nitrogens with zero attached hydrogens (tertiary/aromatic N) is 1. The zero-order valence-corrected chi connectivity index (χ0v) is 36.5. The van der Waals surface area contributed by atoms with Gasteiger partial charge in [-0.05, 0) is 56.7 Å². The summed E-state index contributed by atoms with van der Waals surface area (Å²) in [6.45, 7) is 17.3. The second-order valence-electron chi connectivity index (χ2n) is 16.1. The van der Waals surface area contributed by atoms with E-state index in [0.29, 0.717) is 23.4 Å². The minimum Gasteiger partial charge on any atom is -0.480 e. The zero-order chi connectivity index (χ0) is 42.6. The molecule has 5 N–H and O–H groups in total. The van der Waals surface area contributed by atoms with Crippen molar-refractivity contribution in [1.29, 1.82) is 0 Å². The normalized spacial score (nSPS) is 17.9. The molecule has 0 heterocycles. The Labute approximate surface area is 339 Å². The lowest BCUT2D eigenvalue weighted by molar-refractivity contribution is -0.145. The highest BCUT2D eigenvalue weighted by molar-refractivity contribution is 6.31. The summed E-state index contributed by atoms with van der Waals surface area (Å²) in [5.74, 6) is -3.66. The number of hydrogen-bond acceptors (Lipinski definition) is 8. The van der Waals surface area contributed by atoms with Gasteiger partial charge in [-0.3, -0.25) is 19.2 Å². The number of carboxylic acids is 1. The molecule has 0 radical (unpaired) electrons. The molecular weight excluding hydrogens is 738 g/mol. The summed E-state index contributed by atoms with van der Waals surface area (Å²) in [6.07, 6.45) is -0.465. The number of allylic oxidation sites excluding steroid dienone is 2. The first-order chi connectivity index (χ1) is 26.2. The molecule has 14 heteroatoms. The Kier molecular flexibility index (Phi) is 19.5. The second kappa shape index (κ2) is 22.4. The molecule has 2 rings (SSSR count). The van der Waals surface area contributed by atoms with Gasteiger partial charge in [-0.15, -0.1) is 0 Å². The highest BCUT2D eigenvalue weighted by atomic mass is 35.5. The Bertz CT molecular complexity index is 1520. The van der Waals surface area contributed by atoms with Crippen LogP contribution in [0.4, 0.5) is 0 Å². The molecule has 1 aromatic carbocycles. The summed E-state index contributed by atoms with van der Waals surface area (Å²) >= 11 is 6.29. The van der Waals surface area contributed by atoms with Crippen LogP contribution in [-0.2, 0) is 39.9 Å². The highest BCUT2D eigenvalue weighted by Gasteiger charge is 2.42. The largest absolute Gasteiger partial charge is 0.480 e. The van der Waals surface area contributed by atoms with Gasteiger partial charge in [0.25, 0.3) is 0 Å². The van der Waals surface area contributed by atoms with Crippen LogP contribution in [0, 0.1) is 29.6 Å². The van der Waals surface area contributed by atoms with Crippen molar-refractivity contribution in [3.05, 3.63) is 46.0 Å². The number of hydrogen-bond donors (Lipinski definition) is 5. The molecule has 0 saturated carbocycles. The fourth-order valence-electron chi connectivity index (χ4n) is 7.61. The Morgan fingerprint density at radius 3 is 1.93 bits per heavy atom. The maximum Gasteiger partial charge on any atom is 0.326 e. The molecule has 0 saturated heterocycles. The van der Waals surface area contributed by atoms with Gasteiger partial charge in [0.2, 0.25) is 23.6 Å². The number of likely N-dealkylation sites (N-methyl/N-ethyl adjacent to an activating group) is 2. The first-order valence-corrected chi connectivity index (χ1v) is 20.2. The van der Waals surface area contributed by atoms with Gasteiger partial charge in [0, 0.05) is 38.6 Å². The van der Waals surface area contributed by atoms with Crippen molar-refractivity contribution >= 4 is 41.2 Å². The fourth-order valence-corrected chi connectivity index (χ4v) is 7.82. The van der Waals surface area contributed by atoms with Gasteiger partial charge < -0.3 is 40.7 Å². The minimum absolute atomic E-state index is 0.00762. The van der Waals surface area contributed by atoms with Crippen LogP contribution in [0.15, 0.2) is 35.4 Å². The van der Waals surface area contributed by atoms with Crippen molar-refractivity contribution in [3.8, 4) is 0 Å². The summed E-state index contributed by atoms with van der Waals surface area (Å²) in [4.78, 5) is 69.0. The standard InChI is InChI=1S/C42H68ClN5O8/c1-14-24(6)37(48(11)41(52)36(23(4)5)47-40(51)35(44-10)22(2)3)33(55-12)21-34(49)45-31(20-29-25(7)26(29)8)38(56-13)27(9)39(50)46-32(42(53)54)19-28-17-15-16-18-30(28)43/h15-18,22-24,27,29,31-33,35-38,44H,14,19-21H2,1-13H3,(H,45,49)(H,46,50)(H,47,51)(H,53,54)/t24-,27+,31-,32-,33+,35-,36-,37-,38+/m0/s1. The molecule has 1 aliphatic rings. The third kappa shape index (κ3) is 13.0. The molecular formula is C42H68ClN5O8. The molecule has 56 heavy (non-hydrogen) atoms. The molecule has 316 valence electrons. The number of carbonyl (C=O) groups is 5. The van der Waals surface area contributed by atoms with Crippen LogP contribution in [0.1, 0.15) is 87.1 Å². The Hall–Kier alpha value is -3.52. The van der Waals surface area contributed by atoms with E-state index in [1.807, 2.05) is 55.4 Å². The number of nitrogens with one attached hydrogen (secondary N) is 4. The van der Waals surface area contributed by atoms with Gasteiger partial charge in [-0.1, -0.05) is 95.8 Å². The number of amides is 4. The lowest BCUT2D eigenvalue weighted by Crippen LogP contribution is -2.59. The van der Waals surface area contributed by atoms with E-state index >= 15 is 0 Å². The average molecular weight is 806 g/mol. The number of aliphatic carboxylic acids is 1. The number of methoxy groups -OCH3 is 2. The van der Waals surface area contributed by atoms with Crippen molar-refractivity contribution in [2.24, 2.45) is 29.6 Å². The van der Waals surface area contributed by atoms with Crippen LogP contribution in [-0.4, -0.2) is 110 Å². The summed E-state index contributed by atoms with van der Waals surface area (Å²) in [6, 6.07) is 3.20. The number of rotatable bonds is 24. The maximum absolute atomic E-state index is 14.2. The summed E-state index contributed by atoms with van der Waals surface area (Å²) in [5, 5.41) is 22.2. The number of halogens is 1. The van der Waals surface area contributed by atoms with Crippen molar-refractivity contribution < 1.29 is 38.6 Å². The average Bonchev–Trinajstić information content (AvgIpc) is 3.71. The van der Waals surface area contributed by atoms with Gasteiger partial charge in [0.05, 0.1) is 42.7 Å². The van der Waals surface area contributed by atoms with E-state index in [1.54, 1.807) is 50.2 Å². The van der Waals surface area contributed by atoms with Gasteiger partial charge in [-0.2, -0.15) is 0 Å². The summed E-state index contributed by atoms with van der Waals surface area (Å²) < 4.78 is 11.9. The van der Waals surface area contributed by atoms with E-state index in [1.165, 1.54) is 25.4 Å². The first kappa shape index (κ1) is 48.6. The van der Waals surface area contributed by atoms with E-state index < -0.39 is 60.2 Å². The van der Waals surface area contributed by atoms with Gasteiger partial charge in [0.1, 0.15) is 12.1 Å². The molecule has 0 unspecified atom stereocenters. The molecule has 1 aromatic rings. The third-order valence-corrected chi connectivity index (χ3v) is 11.9. The summed E-state index contributed by atoms with van der Waals surface area (Å²) in [5.41, 5.74) is 2.99. The highest BCUT2D eigenvalue weighted by Crippen LogP contribution is 2.42. The van der Waals surface area contributed by atoms with E-state index in [2.05, 4.69) is 21.3 Å². The zero-order valence-electron chi connectivity index (χ0n) is 35.7. The smallest absolute Gasteiger partial charge is 0.326 e. The molecule has 0 spiro atoms. The maximum atomic E-state index is 14.2. The molecule has 0 fully saturated rings. The van der Waals surface area contributed by atoms with Crippen molar-refractivity contribution in [2.75, 3.05) is 28.3 Å². The van der Waals surface area contributed by atoms with Crippen LogP contribution in [0.3, 0.4) is 0 Å². The van der Waals surface area contributed by atoms with E-state index in [0.717, 1.165) is 0 Å². The van der Waals surface area contributed by atoms with E-state index in [-0.39, 0.29) is 54.2 Å². The molecule has 9 atom stereocenters. The van der Waals surface area contributed by atoms with Crippen LogP contribution in [0.5, 0.6) is 0 Å². The van der Waals surface area contributed by atoms with Crippen LogP contribution in [0.2, 0.25) is 5.02 Å². The molecule has 13 nitrogen and oxygen atoms in total. The van der Waals surface area contributed by atoms with Crippen LogP contribution >= 0.6 is 11.6 Å². The van der Waals surface area contributed by atoms with E-state index in [4.69, 9.17) is 21.1 Å². The van der Waals surface area contributed by atoms with Crippen LogP contribution < -0.4 is 21.3 Å². The first-order valence-electron chi connectivity index (χ1n) is 19.8. The third-order valence-electron chi connectivity index (χ3n) is 11.6. The number of carbonyl (C=O) groups excluding carboxylic acids is 4. The number of ether oxygens (including phenoxy) is 2. The van der Waals surface area contributed by atoms with Crippen LogP contribution in [0.25, 0.3) is 0 Å². The van der Waals surface area contributed by atoms with Crippen molar-refractivity contribution in [3.63, 3.8) is 0 Å². The number of carboxylic acid groups (broad SMARTS) is 1. The second-order valence-corrected chi connectivity index (χ2v) is 16.5. The molecule has 0 bridgehead atoms. The lowest BCUT2D eigenvalue weighted by Gasteiger charge is -2.40. The van der Waals surface area contributed by atoms with Gasteiger partial charge in [-0.25, -0.2) is 4.79 Å². The van der Waals surface area contributed by atoms with E-state index in [9.17, 15) is 29.1 Å². The quantitative estimate of drug-likeness (QED) is 0.0936. The Morgan fingerprint density at radius 2 is 1.46 bits per heavy atom. The molecule has 0 aromatic heterocycles. The number of benzene rings is 1. The fraction of sp³-hybridized carbons (Fsp3) is 0.690. The Morgan fingerprint density at radius 1 is 0.875 bits per heavy atom. The molecule has 1 aliphatic carbocycles. The monoisotopic (exact) mass is 805 g/mol. The van der Waals surface area contributed by atoms with Crippen molar-refractivity contribution in [1.82, 2.24) is 26.2 Å². The predicted octanol–water partition coefficient (Wildman–Crippen LogP) is 4.61. The molecule has 0 aliphatic heterocycles. The van der Waals surface area contributed by atoms with Gasteiger partial charge in [0.15, 0.2) is 0 Å². The minimum atomic E-state index is -1.24. The molecule has 4 amide bonds.